The SMILES string of the molecule is CC1=C(C(=O)NCCCN2CCC(c3ccccc3C#N)CC2)[C@@H](C)CC(=O)N1C. The van der Waals surface area contributed by atoms with Crippen LogP contribution in [0.25, 0.3) is 0 Å². The van der Waals surface area contributed by atoms with Gasteiger partial charge in [-0.05, 0) is 69.3 Å². The number of likely N-dealkylation sites (tertiary alicyclic amines) is 1. The Kier molecular flexibility index (Phi) is 7.28. The third-order valence-electron chi connectivity index (χ3n) is 6.53. The highest BCUT2D eigenvalue weighted by Crippen LogP contribution is 2.30. The summed E-state index contributed by atoms with van der Waals surface area (Å²) in [5.74, 6) is 0.437. The molecule has 6 nitrogen and oxygen atoms in total. The minimum absolute atomic E-state index is 0.0379. The first-order chi connectivity index (χ1) is 14.4. The van der Waals surface area contributed by atoms with Gasteiger partial charge >= 0.3 is 0 Å². The number of hydrogen-bond donors (Lipinski definition) is 1. The molecule has 0 spiro atoms. The molecular formula is C24H32N4O2. The second kappa shape index (κ2) is 9.90. The highest BCUT2D eigenvalue weighted by atomic mass is 16.2. The smallest absolute Gasteiger partial charge is 0.249 e. The Balaban J connectivity index is 1.42. The van der Waals surface area contributed by atoms with Crippen molar-refractivity contribution in [1.29, 1.82) is 5.26 Å². The number of amides is 2. The van der Waals surface area contributed by atoms with Crippen molar-refractivity contribution in [3.63, 3.8) is 0 Å². The van der Waals surface area contributed by atoms with Gasteiger partial charge in [0.25, 0.3) is 0 Å². The molecule has 30 heavy (non-hydrogen) atoms. The van der Waals surface area contributed by atoms with Gasteiger partial charge in [-0.1, -0.05) is 25.1 Å². The molecule has 0 saturated carbocycles. The zero-order valence-electron chi connectivity index (χ0n) is 18.3. The molecule has 0 aromatic heterocycles. The van der Waals surface area contributed by atoms with E-state index in [1.165, 1.54) is 5.56 Å². The molecule has 1 saturated heterocycles. The van der Waals surface area contributed by atoms with Gasteiger partial charge in [-0.15, -0.1) is 0 Å². The summed E-state index contributed by atoms with van der Waals surface area (Å²) in [5, 5.41) is 12.4. The minimum Gasteiger partial charge on any atom is -0.352 e. The van der Waals surface area contributed by atoms with Crippen LogP contribution in [0.15, 0.2) is 35.5 Å². The first-order valence-corrected chi connectivity index (χ1v) is 10.9. The molecule has 2 heterocycles. The van der Waals surface area contributed by atoms with Crippen molar-refractivity contribution in [3.8, 4) is 6.07 Å². The summed E-state index contributed by atoms with van der Waals surface area (Å²) >= 11 is 0. The van der Waals surface area contributed by atoms with Gasteiger partial charge in [0, 0.05) is 31.3 Å². The van der Waals surface area contributed by atoms with Crippen molar-refractivity contribution >= 4 is 11.8 Å². The molecule has 160 valence electrons. The third kappa shape index (κ3) is 4.91. The van der Waals surface area contributed by atoms with Gasteiger partial charge in [0.2, 0.25) is 11.8 Å². The van der Waals surface area contributed by atoms with Crippen molar-refractivity contribution in [3.05, 3.63) is 46.7 Å². The predicted molar refractivity (Wildman–Crippen MR) is 116 cm³/mol. The van der Waals surface area contributed by atoms with Crippen molar-refractivity contribution < 1.29 is 9.59 Å². The molecule has 1 atom stereocenters. The molecule has 1 aromatic carbocycles. The fraction of sp³-hybridized carbons (Fsp3) is 0.542. The lowest BCUT2D eigenvalue weighted by molar-refractivity contribution is -0.130. The summed E-state index contributed by atoms with van der Waals surface area (Å²) in [5.41, 5.74) is 3.47. The van der Waals surface area contributed by atoms with E-state index in [2.05, 4.69) is 22.4 Å². The maximum atomic E-state index is 12.6. The minimum atomic E-state index is -0.0498. The number of benzene rings is 1. The van der Waals surface area contributed by atoms with Crippen molar-refractivity contribution in [2.75, 3.05) is 33.2 Å². The third-order valence-corrected chi connectivity index (χ3v) is 6.53. The van der Waals surface area contributed by atoms with E-state index in [0.717, 1.165) is 55.7 Å². The van der Waals surface area contributed by atoms with E-state index in [-0.39, 0.29) is 17.7 Å². The highest BCUT2D eigenvalue weighted by Gasteiger charge is 2.30. The van der Waals surface area contributed by atoms with Crippen LogP contribution >= 0.6 is 0 Å². The van der Waals surface area contributed by atoms with Gasteiger partial charge < -0.3 is 15.1 Å². The molecule has 1 aromatic rings. The summed E-state index contributed by atoms with van der Waals surface area (Å²) < 4.78 is 0. The molecular weight excluding hydrogens is 376 g/mol. The summed E-state index contributed by atoms with van der Waals surface area (Å²) in [6.45, 7) is 7.42. The Hall–Kier alpha value is -2.65. The van der Waals surface area contributed by atoms with Crippen LogP contribution in [0.5, 0.6) is 0 Å². The summed E-state index contributed by atoms with van der Waals surface area (Å²) in [7, 11) is 1.73. The van der Waals surface area contributed by atoms with Gasteiger partial charge in [-0.3, -0.25) is 9.59 Å². The van der Waals surface area contributed by atoms with Crippen LogP contribution in [0.4, 0.5) is 0 Å². The molecule has 0 unspecified atom stereocenters. The van der Waals surface area contributed by atoms with E-state index in [9.17, 15) is 14.9 Å². The van der Waals surface area contributed by atoms with E-state index >= 15 is 0 Å². The number of nitrogens with zero attached hydrogens (tertiary/aromatic N) is 3. The predicted octanol–water partition coefficient (Wildman–Crippen LogP) is 3.02. The first-order valence-electron chi connectivity index (χ1n) is 10.9. The van der Waals surface area contributed by atoms with Crippen LogP contribution in [-0.2, 0) is 9.59 Å². The van der Waals surface area contributed by atoms with Gasteiger partial charge in [0.15, 0.2) is 0 Å². The van der Waals surface area contributed by atoms with Gasteiger partial charge in [0.05, 0.1) is 11.6 Å². The Bertz CT molecular complexity index is 862. The molecule has 0 bridgehead atoms. The monoisotopic (exact) mass is 408 g/mol. The molecule has 2 aliphatic rings. The maximum Gasteiger partial charge on any atom is 0.249 e. The fourth-order valence-electron chi connectivity index (χ4n) is 4.64. The largest absolute Gasteiger partial charge is 0.352 e. The number of hydrogen-bond acceptors (Lipinski definition) is 4. The van der Waals surface area contributed by atoms with Crippen molar-refractivity contribution in [1.82, 2.24) is 15.1 Å². The van der Waals surface area contributed by atoms with Gasteiger partial charge in [0.1, 0.15) is 0 Å². The Morgan fingerprint density at radius 2 is 1.97 bits per heavy atom. The lowest BCUT2D eigenvalue weighted by Crippen LogP contribution is -2.40. The Morgan fingerprint density at radius 1 is 1.27 bits per heavy atom. The zero-order chi connectivity index (χ0) is 21.7. The first kappa shape index (κ1) is 22.0. The summed E-state index contributed by atoms with van der Waals surface area (Å²) in [6, 6.07) is 10.2. The molecule has 0 radical (unpaired) electrons. The summed E-state index contributed by atoms with van der Waals surface area (Å²) in [6.07, 6.45) is 3.42. The van der Waals surface area contributed by atoms with Gasteiger partial charge in [-0.25, -0.2) is 0 Å². The van der Waals surface area contributed by atoms with Crippen LogP contribution in [0.1, 0.15) is 56.6 Å². The molecule has 2 aliphatic heterocycles. The lowest BCUT2D eigenvalue weighted by atomic mass is 9.87. The fourth-order valence-corrected chi connectivity index (χ4v) is 4.64. The normalized spacial score (nSPS) is 20.9. The van der Waals surface area contributed by atoms with Crippen LogP contribution in [0, 0.1) is 17.2 Å². The van der Waals surface area contributed by atoms with Crippen molar-refractivity contribution in [2.45, 2.75) is 45.4 Å². The standard InChI is InChI=1S/C24H32N4O2/c1-17-15-22(29)27(3)18(2)23(17)24(30)26-11-6-12-28-13-9-19(10-14-28)21-8-5-4-7-20(21)16-25/h4-5,7-8,17,19H,6,9-15H2,1-3H3,(H,26,30)/t17-/m0/s1. The Morgan fingerprint density at radius 3 is 2.67 bits per heavy atom. The van der Waals surface area contributed by atoms with Gasteiger partial charge in [-0.2, -0.15) is 5.26 Å². The van der Waals surface area contributed by atoms with Crippen LogP contribution < -0.4 is 5.32 Å². The summed E-state index contributed by atoms with van der Waals surface area (Å²) in [4.78, 5) is 28.6. The number of nitrogens with one attached hydrogen (secondary N) is 1. The number of carbonyl (C=O) groups excluding carboxylic acids is 2. The van der Waals surface area contributed by atoms with E-state index in [1.54, 1.807) is 11.9 Å². The second-order valence-electron chi connectivity index (χ2n) is 8.48. The van der Waals surface area contributed by atoms with Crippen molar-refractivity contribution in [2.24, 2.45) is 5.92 Å². The molecule has 1 fully saturated rings. The van der Waals surface area contributed by atoms with E-state index < -0.39 is 0 Å². The number of piperidine rings is 1. The molecule has 2 amide bonds. The Labute approximate surface area is 179 Å². The van der Waals surface area contributed by atoms with Crippen LogP contribution in [0.2, 0.25) is 0 Å². The topological polar surface area (TPSA) is 76.4 Å². The lowest BCUT2D eigenvalue weighted by Gasteiger charge is -2.32. The number of rotatable bonds is 6. The zero-order valence-corrected chi connectivity index (χ0v) is 18.3. The van der Waals surface area contributed by atoms with Crippen LogP contribution in [-0.4, -0.2) is 54.8 Å². The molecule has 6 heteroatoms. The quantitative estimate of drug-likeness (QED) is 0.734. The number of nitriles is 1. The molecule has 3 rings (SSSR count). The van der Waals surface area contributed by atoms with Crippen LogP contribution in [0.3, 0.4) is 0 Å². The van der Waals surface area contributed by atoms with E-state index in [0.29, 0.717) is 18.9 Å². The maximum absolute atomic E-state index is 12.6. The average Bonchev–Trinajstić information content (AvgIpc) is 2.75. The van der Waals surface area contributed by atoms with E-state index in [1.807, 2.05) is 32.0 Å². The van der Waals surface area contributed by atoms with E-state index in [4.69, 9.17) is 0 Å². The molecule has 1 N–H and O–H groups in total. The second-order valence-corrected chi connectivity index (χ2v) is 8.48. The number of carbonyl (C=O) groups is 2. The molecule has 0 aliphatic carbocycles. The average molecular weight is 409 g/mol. The number of allylic oxidation sites excluding steroid dienone is 1. The highest BCUT2D eigenvalue weighted by molar-refractivity contribution is 5.97.